The molecule has 17 heavy (non-hydrogen) atoms. The Morgan fingerprint density at radius 1 is 1.29 bits per heavy atom. The number of fused-ring (bicyclic) bond motifs is 1. The summed E-state index contributed by atoms with van der Waals surface area (Å²) in [5, 5.41) is 3.51. The van der Waals surface area contributed by atoms with E-state index in [1.807, 2.05) is 0 Å². The van der Waals surface area contributed by atoms with E-state index in [1.54, 1.807) is 11.1 Å². The summed E-state index contributed by atoms with van der Waals surface area (Å²) < 4.78 is 0. The van der Waals surface area contributed by atoms with Gasteiger partial charge in [-0.05, 0) is 67.7 Å². The highest BCUT2D eigenvalue weighted by Gasteiger charge is 2.38. The van der Waals surface area contributed by atoms with Crippen LogP contribution in [-0.2, 0) is 19.3 Å². The first kappa shape index (κ1) is 11.3. The van der Waals surface area contributed by atoms with Crippen LogP contribution in [0.1, 0.15) is 36.5 Å². The molecule has 1 aromatic rings. The lowest BCUT2D eigenvalue weighted by molar-refractivity contribution is 0.479. The lowest BCUT2D eigenvalue weighted by Crippen LogP contribution is -2.30. The van der Waals surface area contributed by atoms with Gasteiger partial charge in [0.15, 0.2) is 0 Å². The van der Waals surface area contributed by atoms with Crippen LogP contribution in [-0.4, -0.2) is 13.1 Å². The van der Waals surface area contributed by atoms with Crippen LogP contribution >= 0.6 is 0 Å². The smallest absolute Gasteiger partial charge is 0.0135 e. The minimum Gasteiger partial charge on any atom is -0.316 e. The van der Waals surface area contributed by atoms with Gasteiger partial charge in [0, 0.05) is 6.04 Å². The van der Waals surface area contributed by atoms with Crippen molar-refractivity contribution >= 4 is 0 Å². The van der Waals surface area contributed by atoms with Crippen molar-refractivity contribution in [2.45, 2.75) is 45.1 Å². The zero-order chi connectivity index (χ0) is 11.8. The molecular formula is C16H23N. The Bertz CT molecular complexity index is 410. The summed E-state index contributed by atoms with van der Waals surface area (Å²) >= 11 is 0. The van der Waals surface area contributed by atoms with Crippen LogP contribution < -0.4 is 5.32 Å². The molecular weight excluding hydrogens is 206 g/mol. The van der Waals surface area contributed by atoms with Crippen molar-refractivity contribution in [2.24, 2.45) is 11.8 Å². The van der Waals surface area contributed by atoms with Gasteiger partial charge in [0.1, 0.15) is 0 Å². The zero-order valence-corrected chi connectivity index (χ0v) is 11.0. The Morgan fingerprint density at radius 2 is 2.06 bits per heavy atom. The van der Waals surface area contributed by atoms with Gasteiger partial charge in [-0.2, -0.15) is 0 Å². The molecule has 0 saturated heterocycles. The third-order valence-electron chi connectivity index (χ3n) is 4.68. The van der Waals surface area contributed by atoms with Gasteiger partial charge in [-0.1, -0.05) is 25.1 Å². The fourth-order valence-corrected chi connectivity index (χ4v) is 3.39. The molecule has 0 amide bonds. The van der Waals surface area contributed by atoms with Gasteiger partial charge in [0.2, 0.25) is 0 Å². The first-order chi connectivity index (χ1) is 8.28. The van der Waals surface area contributed by atoms with Crippen LogP contribution in [0.15, 0.2) is 18.2 Å². The van der Waals surface area contributed by atoms with Gasteiger partial charge in [0.05, 0.1) is 0 Å². The maximum absolute atomic E-state index is 3.51. The molecule has 0 heterocycles. The predicted molar refractivity (Wildman–Crippen MR) is 72.3 cm³/mol. The molecule has 3 unspecified atom stereocenters. The third-order valence-corrected chi connectivity index (χ3v) is 4.68. The van der Waals surface area contributed by atoms with Crippen molar-refractivity contribution in [3.8, 4) is 0 Å². The van der Waals surface area contributed by atoms with Crippen LogP contribution in [0.25, 0.3) is 0 Å². The normalized spacial score (nSPS) is 27.9. The van der Waals surface area contributed by atoms with Crippen LogP contribution in [0.2, 0.25) is 0 Å². The van der Waals surface area contributed by atoms with Crippen LogP contribution in [0.5, 0.6) is 0 Å². The Kier molecular flexibility index (Phi) is 2.96. The maximum Gasteiger partial charge on any atom is 0.0135 e. The number of aryl methyl sites for hydroxylation is 2. The van der Waals surface area contributed by atoms with Crippen molar-refractivity contribution < 1.29 is 0 Å². The zero-order valence-electron chi connectivity index (χ0n) is 11.0. The SMILES string of the molecule is CNC(Cc1ccc2c(c1)CCC2)C1CC1C. The third kappa shape index (κ3) is 2.26. The van der Waals surface area contributed by atoms with E-state index in [0.29, 0.717) is 6.04 Å². The van der Waals surface area contributed by atoms with Crippen LogP contribution in [0, 0.1) is 11.8 Å². The van der Waals surface area contributed by atoms with Gasteiger partial charge in [-0.25, -0.2) is 0 Å². The van der Waals surface area contributed by atoms with E-state index < -0.39 is 0 Å². The van der Waals surface area contributed by atoms with Crippen molar-refractivity contribution in [2.75, 3.05) is 7.05 Å². The summed E-state index contributed by atoms with van der Waals surface area (Å²) in [4.78, 5) is 0. The van der Waals surface area contributed by atoms with Crippen LogP contribution in [0.3, 0.4) is 0 Å². The fourth-order valence-electron chi connectivity index (χ4n) is 3.39. The summed E-state index contributed by atoms with van der Waals surface area (Å²) in [7, 11) is 2.11. The second-order valence-corrected chi connectivity index (χ2v) is 5.93. The molecule has 1 nitrogen and oxygen atoms in total. The molecule has 0 bridgehead atoms. The van der Waals surface area contributed by atoms with Crippen molar-refractivity contribution in [1.82, 2.24) is 5.32 Å². The standard InChI is InChI=1S/C16H23N/c1-11-8-15(11)16(17-2)10-12-6-7-13-4-3-5-14(13)9-12/h6-7,9,11,15-17H,3-5,8,10H2,1-2H3. The molecule has 1 aromatic carbocycles. The van der Waals surface area contributed by atoms with E-state index in [9.17, 15) is 0 Å². The topological polar surface area (TPSA) is 12.0 Å². The van der Waals surface area contributed by atoms with Gasteiger partial charge in [-0.15, -0.1) is 0 Å². The largest absolute Gasteiger partial charge is 0.316 e. The number of nitrogens with one attached hydrogen (secondary N) is 1. The Balaban J connectivity index is 1.71. The van der Waals surface area contributed by atoms with Crippen molar-refractivity contribution in [3.63, 3.8) is 0 Å². The number of likely N-dealkylation sites (N-methyl/N-ethyl adjacent to an activating group) is 1. The molecule has 0 radical (unpaired) electrons. The van der Waals surface area contributed by atoms with E-state index in [0.717, 1.165) is 11.8 Å². The first-order valence-electron chi connectivity index (χ1n) is 7.06. The number of benzene rings is 1. The lowest BCUT2D eigenvalue weighted by Gasteiger charge is -2.16. The number of hydrogen-bond acceptors (Lipinski definition) is 1. The van der Waals surface area contributed by atoms with E-state index in [4.69, 9.17) is 0 Å². The van der Waals surface area contributed by atoms with Gasteiger partial charge >= 0.3 is 0 Å². The molecule has 92 valence electrons. The van der Waals surface area contributed by atoms with Gasteiger partial charge in [0.25, 0.3) is 0 Å². The monoisotopic (exact) mass is 229 g/mol. The molecule has 3 rings (SSSR count). The second kappa shape index (κ2) is 4.45. The minimum absolute atomic E-state index is 0.685. The highest BCUT2D eigenvalue weighted by molar-refractivity contribution is 5.35. The molecule has 3 atom stereocenters. The molecule has 1 heteroatoms. The minimum atomic E-state index is 0.685. The fraction of sp³-hybridized carbons (Fsp3) is 0.625. The van der Waals surface area contributed by atoms with Crippen LogP contribution in [0.4, 0.5) is 0 Å². The Labute approximate surface area is 105 Å². The van der Waals surface area contributed by atoms with E-state index >= 15 is 0 Å². The molecule has 2 aliphatic rings. The first-order valence-corrected chi connectivity index (χ1v) is 7.06. The molecule has 1 N–H and O–H groups in total. The molecule has 1 fully saturated rings. The quantitative estimate of drug-likeness (QED) is 0.837. The highest BCUT2D eigenvalue weighted by Crippen LogP contribution is 2.41. The lowest BCUT2D eigenvalue weighted by atomic mass is 9.98. The maximum atomic E-state index is 3.51. The van der Waals surface area contributed by atoms with E-state index in [-0.39, 0.29) is 0 Å². The number of hydrogen-bond donors (Lipinski definition) is 1. The summed E-state index contributed by atoms with van der Waals surface area (Å²) in [6.45, 7) is 2.37. The predicted octanol–water partition coefficient (Wildman–Crippen LogP) is 2.96. The van der Waals surface area contributed by atoms with E-state index in [1.165, 1.54) is 37.7 Å². The van der Waals surface area contributed by atoms with Gasteiger partial charge < -0.3 is 5.32 Å². The second-order valence-electron chi connectivity index (χ2n) is 5.93. The molecule has 1 saturated carbocycles. The molecule has 0 spiro atoms. The average molecular weight is 229 g/mol. The van der Waals surface area contributed by atoms with Crippen molar-refractivity contribution in [3.05, 3.63) is 34.9 Å². The van der Waals surface area contributed by atoms with Gasteiger partial charge in [-0.3, -0.25) is 0 Å². The summed E-state index contributed by atoms with van der Waals surface area (Å²) in [6.07, 6.45) is 6.57. The number of rotatable bonds is 4. The Hall–Kier alpha value is -0.820. The molecule has 0 aliphatic heterocycles. The summed E-state index contributed by atoms with van der Waals surface area (Å²) in [5.41, 5.74) is 4.74. The molecule has 0 aromatic heterocycles. The van der Waals surface area contributed by atoms with Crippen molar-refractivity contribution in [1.29, 1.82) is 0 Å². The molecule has 2 aliphatic carbocycles. The summed E-state index contributed by atoms with van der Waals surface area (Å²) in [6, 6.07) is 7.85. The Morgan fingerprint density at radius 3 is 2.76 bits per heavy atom. The van der Waals surface area contributed by atoms with E-state index in [2.05, 4.69) is 37.5 Å². The average Bonchev–Trinajstić information content (AvgIpc) is 2.89. The summed E-state index contributed by atoms with van der Waals surface area (Å²) in [5.74, 6) is 1.84. The highest BCUT2D eigenvalue weighted by atomic mass is 14.9.